The van der Waals surface area contributed by atoms with Crippen LogP contribution in [0.25, 0.3) is 11.2 Å². The van der Waals surface area contributed by atoms with Gasteiger partial charge in [0.25, 0.3) is 11.5 Å². The molecule has 0 aliphatic carbocycles. The van der Waals surface area contributed by atoms with Crippen LogP contribution in [0.2, 0.25) is 0 Å². The fourth-order valence-electron chi connectivity index (χ4n) is 2.24. The van der Waals surface area contributed by atoms with Gasteiger partial charge in [-0.2, -0.15) is 4.98 Å². The van der Waals surface area contributed by atoms with Crippen molar-refractivity contribution in [1.29, 1.82) is 0 Å². The lowest BCUT2D eigenvalue weighted by Gasteiger charge is -2.20. The van der Waals surface area contributed by atoms with Gasteiger partial charge in [0.15, 0.2) is 17.8 Å². The fraction of sp³-hybridized carbons (Fsp3) is 0.294. The predicted molar refractivity (Wildman–Crippen MR) is 94.1 cm³/mol. The molecule has 2 aromatic heterocycles. The summed E-state index contributed by atoms with van der Waals surface area (Å²) in [6.45, 7) is 5.63. The molecule has 0 spiro atoms. The summed E-state index contributed by atoms with van der Waals surface area (Å²) < 4.78 is 6.68. The van der Waals surface area contributed by atoms with E-state index in [1.165, 1.54) is 10.9 Å². The van der Waals surface area contributed by atoms with Crippen LogP contribution in [0.4, 0.5) is 5.95 Å². The molecule has 0 saturated carbocycles. The summed E-state index contributed by atoms with van der Waals surface area (Å²) in [6, 6.07) is 9.01. The topological polar surface area (TPSA) is 102 Å². The SMILES string of the molecule is CC(C)(C)Nc1nc2c(ncn2C(=O)COc2ccccc2)c(=O)[nH]1. The molecular weight excluding hydrogens is 322 g/mol. The van der Waals surface area contributed by atoms with Crippen LogP contribution in [0.5, 0.6) is 5.75 Å². The van der Waals surface area contributed by atoms with Crippen LogP contribution >= 0.6 is 0 Å². The minimum Gasteiger partial charge on any atom is -0.484 e. The first-order valence-electron chi connectivity index (χ1n) is 7.80. The summed E-state index contributed by atoms with van der Waals surface area (Å²) >= 11 is 0. The van der Waals surface area contributed by atoms with Crippen molar-refractivity contribution in [2.45, 2.75) is 26.3 Å². The van der Waals surface area contributed by atoms with E-state index >= 15 is 0 Å². The molecule has 2 N–H and O–H groups in total. The summed E-state index contributed by atoms with van der Waals surface area (Å²) in [6.07, 6.45) is 1.28. The van der Waals surface area contributed by atoms with Gasteiger partial charge in [-0.05, 0) is 32.9 Å². The van der Waals surface area contributed by atoms with Crippen LogP contribution in [0.15, 0.2) is 41.5 Å². The maximum absolute atomic E-state index is 12.4. The Balaban J connectivity index is 1.88. The molecule has 0 radical (unpaired) electrons. The number of benzene rings is 1. The second-order valence-corrected chi connectivity index (χ2v) is 6.57. The number of aromatic nitrogens is 4. The summed E-state index contributed by atoms with van der Waals surface area (Å²) in [4.78, 5) is 35.5. The molecule has 8 nitrogen and oxygen atoms in total. The number of ether oxygens (including phenoxy) is 1. The lowest BCUT2D eigenvalue weighted by atomic mass is 10.1. The Bertz CT molecular complexity index is 954. The number of H-pyrrole nitrogens is 1. The van der Waals surface area contributed by atoms with Gasteiger partial charge < -0.3 is 10.1 Å². The van der Waals surface area contributed by atoms with E-state index < -0.39 is 5.56 Å². The average molecular weight is 341 g/mol. The lowest BCUT2D eigenvalue weighted by Crippen LogP contribution is -2.29. The van der Waals surface area contributed by atoms with Crippen molar-refractivity contribution in [2.24, 2.45) is 0 Å². The van der Waals surface area contributed by atoms with Gasteiger partial charge in [-0.3, -0.25) is 14.6 Å². The molecule has 0 fully saturated rings. The number of nitrogens with one attached hydrogen (secondary N) is 2. The minimum atomic E-state index is -0.410. The smallest absolute Gasteiger partial charge is 0.280 e. The second kappa shape index (κ2) is 6.39. The van der Waals surface area contributed by atoms with E-state index in [4.69, 9.17) is 4.74 Å². The van der Waals surface area contributed by atoms with Crippen LogP contribution in [0.1, 0.15) is 25.6 Å². The summed E-state index contributed by atoms with van der Waals surface area (Å²) in [5.41, 5.74) is -0.411. The Hall–Kier alpha value is -3.16. The van der Waals surface area contributed by atoms with Gasteiger partial charge in [0, 0.05) is 5.54 Å². The first-order chi connectivity index (χ1) is 11.8. The number of hydrogen-bond donors (Lipinski definition) is 2. The van der Waals surface area contributed by atoms with Gasteiger partial charge in [0.05, 0.1) is 0 Å². The van der Waals surface area contributed by atoms with Crippen molar-refractivity contribution in [3.05, 3.63) is 47.0 Å². The first kappa shape index (κ1) is 16.7. The standard InChI is InChI=1S/C17H19N5O3/c1-17(2,3)21-16-19-14-13(15(24)20-16)18-10-22(14)12(23)9-25-11-7-5-4-6-8-11/h4-8,10H,9H2,1-3H3,(H2,19,20,21,24). The van der Waals surface area contributed by atoms with E-state index in [-0.39, 0.29) is 35.2 Å². The number of imidazole rings is 1. The van der Waals surface area contributed by atoms with Crippen molar-refractivity contribution in [1.82, 2.24) is 19.5 Å². The van der Waals surface area contributed by atoms with Gasteiger partial charge in [-0.1, -0.05) is 18.2 Å². The highest BCUT2D eigenvalue weighted by Gasteiger charge is 2.17. The maximum atomic E-state index is 12.4. The second-order valence-electron chi connectivity index (χ2n) is 6.57. The van der Waals surface area contributed by atoms with E-state index in [2.05, 4.69) is 20.3 Å². The molecular formula is C17H19N5O3. The third kappa shape index (κ3) is 3.85. The number of fused-ring (bicyclic) bond motifs is 1. The summed E-state index contributed by atoms with van der Waals surface area (Å²) in [5.74, 6) is 0.496. The normalized spacial score (nSPS) is 11.5. The van der Waals surface area contributed by atoms with Gasteiger partial charge in [0.1, 0.15) is 12.1 Å². The molecule has 130 valence electrons. The predicted octanol–water partition coefficient (Wildman–Crippen LogP) is 2.05. The van der Waals surface area contributed by atoms with Gasteiger partial charge >= 0.3 is 0 Å². The van der Waals surface area contributed by atoms with E-state index in [0.29, 0.717) is 5.75 Å². The fourth-order valence-corrected chi connectivity index (χ4v) is 2.24. The molecule has 0 atom stereocenters. The van der Waals surface area contributed by atoms with E-state index in [9.17, 15) is 9.59 Å². The molecule has 0 aliphatic rings. The molecule has 0 aliphatic heterocycles. The van der Waals surface area contributed by atoms with E-state index in [0.717, 1.165) is 0 Å². The first-order valence-corrected chi connectivity index (χ1v) is 7.80. The molecule has 25 heavy (non-hydrogen) atoms. The number of para-hydroxylation sites is 1. The Morgan fingerprint density at radius 1 is 1.28 bits per heavy atom. The van der Waals surface area contributed by atoms with Crippen molar-refractivity contribution in [3.63, 3.8) is 0 Å². The van der Waals surface area contributed by atoms with E-state index in [1.807, 2.05) is 39.0 Å². The Morgan fingerprint density at radius 3 is 2.68 bits per heavy atom. The molecule has 3 aromatic rings. The molecule has 2 heterocycles. The van der Waals surface area contributed by atoms with Crippen LogP contribution < -0.4 is 15.6 Å². The van der Waals surface area contributed by atoms with Crippen LogP contribution in [-0.4, -0.2) is 37.6 Å². The molecule has 0 saturated heterocycles. The molecule has 0 amide bonds. The van der Waals surface area contributed by atoms with Crippen molar-refractivity contribution < 1.29 is 9.53 Å². The zero-order valence-corrected chi connectivity index (χ0v) is 14.2. The number of nitrogens with zero attached hydrogens (tertiary/aromatic N) is 3. The van der Waals surface area contributed by atoms with Crippen LogP contribution in [-0.2, 0) is 0 Å². The third-order valence-corrected chi connectivity index (χ3v) is 3.27. The number of carbonyl (C=O) groups excluding carboxylic acids is 1. The van der Waals surface area contributed by atoms with Gasteiger partial charge in [-0.15, -0.1) is 0 Å². The van der Waals surface area contributed by atoms with Gasteiger partial charge in [-0.25, -0.2) is 9.55 Å². The zero-order chi connectivity index (χ0) is 18.0. The Labute approximate surface area is 143 Å². The largest absolute Gasteiger partial charge is 0.484 e. The number of carbonyl (C=O) groups is 1. The highest BCUT2D eigenvalue weighted by Crippen LogP contribution is 2.13. The lowest BCUT2D eigenvalue weighted by molar-refractivity contribution is 0.0842. The highest BCUT2D eigenvalue weighted by atomic mass is 16.5. The van der Waals surface area contributed by atoms with E-state index in [1.54, 1.807) is 12.1 Å². The summed E-state index contributed by atoms with van der Waals surface area (Å²) in [5, 5.41) is 3.08. The molecule has 3 rings (SSSR count). The quantitative estimate of drug-likeness (QED) is 0.753. The zero-order valence-electron chi connectivity index (χ0n) is 14.2. The highest BCUT2D eigenvalue weighted by molar-refractivity contribution is 5.89. The van der Waals surface area contributed by atoms with Crippen LogP contribution in [0, 0.1) is 0 Å². The van der Waals surface area contributed by atoms with Gasteiger partial charge in [0.2, 0.25) is 5.95 Å². The Kier molecular flexibility index (Phi) is 4.26. The van der Waals surface area contributed by atoms with Crippen molar-refractivity contribution >= 4 is 23.0 Å². The number of rotatable bonds is 4. The molecule has 0 bridgehead atoms. The van der Waals surface area contributed by atoms with Crippen molar-refractivity contribution in [3.8, 4) is 5.75 Å². The molecule has 1 aromatic carbocycles. The minimum absolute atomic E-state index is 0.104. The number of aromatic amines is 1. The molecule has 8 heteroatoms. The monoisotopic (exact) mass is 341 g/mol. The number of anilines is 1. The summed E-state index contributed by atoms with van der Waals surface area (Å²) in [7, 11) is 0. The number of hydrogen-bond acceptors (Lipinski definition) is 6. The third-order valence-electron chi connectivity index (χ3n) is 3.27. The molecule has 0 unspecified atom stereocenters. The Morgan fingerprint density at radius 2 is 2.00 bits per heavy atom. The average Bonchev–Trinajstić information content (AvgIpc) is 2.96. The van der Waals surface area contributed by atoms with Crippen LogP contribution in [0.3, 0.4) is 0 Å². The van der Waals surface area contributed by atoms with Crippen molar-refractivity contribution in [2.75, 3.05) is 11.9 Å². The maximum Gasteiger partial charge on any atom is 0.280 e.